The number of carbonyl (C=O) groups excluding carboxylic acids is 1. The van der Waals surface area contributed by atoms with Crippen LogP contribution in [-0.4, -0.2) is 24.0 Å². The van der Waals surface area contributed by atoms with E-state index >= 15 is 0 Å². The first kappa shape index (κ1) is 18.8. The number of carbonyl (C=O) groups is 1. The van der Waals surface area contributed by atoms with Gasteiger partial charge in [-0.3, -0.25) is 4.79 Å². The first-order valence-corrected chi connectivity index (χ1v) is 7.94. The second-order valence-electron chi connectivity index (χ2n) is 5.72. The molecule has 0 aromatic heterocycles. The molecule has 0 N–H and O–H groups in total. The summed E-state index contributed by atoms with van der Waals surface area (Å²) < 4.78 is 43.9. The third-order valence-electron chi connectivity index (χ3n) is 3.72. The van der Waals surface area contributed by atoms with E-state index < -0.39 is 17.8 Å². The van der Waals surface area contributed by atoms with E-state index in [0.29, 0.717) is 13.0 Å². The van der Waals surface area contributed by atoms with Gasteiger partial charge in [0.1, 0.15) is 5.75 Å². The van der Waals surface area contributed by atoms with Crippen molar-refractivity contribution in [1.82, 2.24) is 4.90 Å². The lowest BCUT2D eigenvalue weighted by molar-refractivity contribution is -0.138. The Morgan fingerprint density at radius 3 is 2.40 bits per heavy atom. The summed E-state index contributed by atoms with van der Waals surface area (Å²) in [5.41, 5.74) is 0.164. The molecule has 1 amide bonds. The van der Waals surface area contributed by atoms with Gasteiger partial charge in [0.2, 0.25) is 0 Å². The number of hydrogen-bond acceptors (Lipinski definition) is 2. The van der Waals surface area contributed by atoms with Gasteiger partial charge in [0.15, 0.2) is 6.10 Å². The molecule has 25 heavy (non-hydrogen) atoms. The van der Waals surface area contributed by atoms with Gasteiger partial charge in [-0.15, -0.1) is 0 Å². The van der Waals surface area contributed by atoms with Crippen LogP contribution in [0, 0.1) is 0 Å². The Kier molecular flexibility index (Phi) is 6.07. The summed E-state index contributed by atoms with van der Waals surface area (Å²) in [7, 11) is 1.65. The maximum absolute atomic E-state index is 12.8. The van der Waals surface area contributed by atoms with Crippen LogP contribution in [0.5, 0.6) is 5.75 Å². The van der Waals surface area contributed by atoms with Crippen molar-refractivity contribution in [3.63, 3.8) is 0 Å². The molecule has 1 atom stereocenters. The Bertz CT molecular complexity index is 701. The number of hydrogen-bond donors (Lipinski definition) is 0. The topological polar surface area (TPSA) is 29.5 Å². The first-order valence-electron chi connectivity index (χ1n) is 7.94. The zero-order valence-electron chi connectivity index (χ0n) is 14.1. The number of ether oxygens (including phenoxy) is 1. The highest BCUT2D eigenvalue weighted by molar-refractivity contribution is 5.81. The molecule has 134 valence electrons. The number of rotatable bonds is 6. The second kappa shape index (κ2) is 8.05. The highest BCUT2D eigenvalue weighted by Gasteiger charge is 2.31. The third kappa shape index (κ3) is 5.24. The molecule has 2 aromatic rings. The summed E-state index contributed by atoms with van der Waals surface area (Å²) >= 11 is 0. The number of amides is 1. The van der Waals surface area contributed by atoms with Crippen LogP contribution in [0.2, 0.25) is 0 Å². The third-order valence-corrected chi connectivity index (χ3v) is 3.72. The zero-order valence-corrected chi connectivity index (χ0v) is 14.1. The van der Waals surface area contributed by atoms with E-state index in [1.807, 2.05) is 30.3 Å². The highest BCUT2D eigenvalue weighted by atomic mass is 19.4. The van der Waals surface area contributed by atoms with E-state index in [1.165, 1.54) is 17.0 Å². The Labute approximate surface area is 145 Å². The van der Waals surface area contributed by atoms with Crippen LogP contribution in [-0.2, 0) is 17.5 Å². The molecular formula is C19H20F3NO2. The molecule has 0 saturated heterocycles. The zero-order chi connectivity index (χ0) is 18.4. The summed E-state index contributed by atoms with van der Waals surface area (Å²) in [6.45, 7) is 2.16. The number of nitrogens with zero attached hydrogens (tertiary/aromatic N) is 1. The predicted octanol–water partition coefficient (Wildman–Crippen LogP) is 4.52. The van der Waals surface area contributed by atoms with Gasteiger partial charge in [0.05, 0.1) is 5.56 Å². The normalized spacial score (nSPS) is 12.5. The summed E-state index contributed by atoms with van der Waals surface area (Å²) in [6, 6.07) is 14.0. The van der Waals surface area contributed by atoms with E-state index in [0.717, 1.165) is 17.7 Å². The van der Waals surface area contributed by atoms with Gasteiger partial charge >= 0.3 is 6.18 Å². The second-order valence-corrected chi connectivity index (χ2v) is 5.72. The van der Waals surface area contributed by atoms with E-state index in [-0.39, 0.29) is 11.7 Å². The van der Waals surface area contributed by atoms with Crippen molar-refractivity contribution in [3.8, 4) is 5.75 Å². The van der Waals surface area contributed by atoms with Crippen LogP contribution in [0.15, 0.2) is 54.6 Å². The fraction of sp³-hybridized carbons (Fsp3) is 0.316. The van der Waals surface area contributed by atoms with Crippen LogP contribution in [0.25, 0.3) is 0 Å². The Morgan fingerprint density at radius 1 is 1.12 bits per heavy atom. The average Bonchev–Trinajstić information content (AvgIpc) is 2.59. The highest BCUT2D eigenvalue weighted by Crippen LogP contribution is 2.31. The van der Waals surface area contributed by atoms with Crippen LogP contribution in [0.3, 0.4) is 0 Å². The lowest BCUT2D eigenvalue weighted by atomic mass is 10.2. The Balaban J connectivity index is 2.07. The standard InChI is InChI=1S/C19H20F3NO2/c1-3-17(18(24)23(2)13-14-8-5-4-6-9-14)25-16-11-7-10-15(12-16)19(20,21)22/h4-12,17H,3,13H2,1-2H3. The molecule has 3 nitrogen and oxygen atoms in total. The van der Waals surface area contributed by atoms with Gasteiger partial charge in [0, 0.05) is 13.6 Å². The summed E-state index contributed by atoms with van der Waals surface area (Å²) in [5, 5.41) is 0. The average molecular weight is 351 g/mol. The Morgan fingerprint density at radius 2 is 1.80 bits per heavy atom. The lowest BCUT2D eigenvalue weighted by Gasteiger charge is -2.24. The molecule has 0 spiro atoms. The van der Waals surface area contributed by atoms with Crippen molar-refractivity contribution < 1.29 is 22.7 Å². The number of alkyl halides is 3. The van der Waals surface area contributed by atoms with E-state index in [1.54, 1.807) is 14.0 Å². The van der Waals surface area contributed by atoms with Gasteiger partial charge < -0.3 is 9.64 Å². The van der Waals surface area contributed by atoms with Crippen molar-refractivity contribution in [2.24, 2.45) is 0 Å². The molecular weight excluding hydrogens is 331 g/mol. The van der Waals surface area contributed by atoms with E-state index in [4.69, 9.17) is 4.74 Å². The molecule has 1 unspecified atom stereocenters. The minimum Gasteiger partial charge on any atom is -0.481 e. The smallest absolute Gasteiger partial charge is 0.416 e. The number of halogens is 3. The molecule has 0 aliphatic heterocycles. The molecule has 2 aromatic carbocycles. The van der Waals surface area contributed by atoms with E-state index in [9.17, 15) is 18.0 Å². The van der Waals surface area contributed by atoms with Crippen molar-refractivity contribution in [2.75, 3.05) is 7.05 Å². The summed E-state index contributed by atoms with van der Waals surface area (Å²) in [5.74, 6) is -0.244. The van der Waals surface area contributed by atoms with Crippen LogP contribution in [0.1, 0.15) is 24.5 Å². The molecule has 0 radical (unpaired) electrons. The molecule has 0 aliphatic carbocycles. The Hall–Kier alpha value is -2.50. The molecule has 0 saturated carbocycles. The van der Waals surface area contributed by atoms with Crippen molar-refractivity contribution in [3.05, 3.63) is 65.7 Å². The van der Waals surface area contributed by atoms with Gasteiger partial charge in [0.25, 0.3) is 5.91 Å². The lowest BCUT2D eigenvalue weighted by Crippen LogP contribution is -2.39. The van der Waals surface area contributed by atoms with E-state index in [2.05, 4.69) is 0 Å². The van der Waals surface area contributed by atoms with Gasteiger partial charge in [-0.25, -0.2) is 0 Å². The molecule has 0 fully saturated rings. The summed E-state index contributed by atoms with van der Waals surface area (Å²) in [6.07, 6.45) is -4.93. The SMILES string of the molecule is CCC(Oc1cccc(C(F)(F)F)c1)C(=O)N(C)Cc1ccccc1. The van der Waals surface area contributed by atoms with Crippen LogP contribution < -0.4 is 4.74 Å². The quantitative estimate of drug-likeness (QED) is 0.766. The van der Waals surface area contributed by atoms with Gasteiger partial charge in [-0.2, -0.15) is 13.2 Å². The minimum absolute atomic E-state index is 0.0307. The fourth-order valence-corrected chi connectivity index (χ4v) is 2.40. The number of benzene rings is 2. The first-order chi connectivity index (χ1) is 11.8. The monoisotopic (exact) mass is 351 g/mol. The number of likely N-dealkylation sites (N-methyl/N-ethyl adjacent to an activating group) is 1. The minimum atomic E-state index is -4.45. The predicted molar refractivity (Wildman–Crippen MR) is 89.1 cm³/mol. The largest absolute Gasteiger partial charge is 0.481 e. The molecule has 0 heterocycles. The maximum atomic E-state index is 12.8. The molecule has 0 aliphatic rings. The van der Waals surface area contributed by atoms with Gasteiger partial charge in [-0.1, -0.05) is 43.3 Å². The molecule has 2 rings (SSSR count). The molecule has 0 bridgehead atoms. The van der Waals surface area contributed by atoms with Crippen molar-refractivity contribution in [2.45, 2.75) is 32.2 Å². The fourth-order valence-electron chi connectivity index (χ4n) is 2.40. The van der Waals surface area contributed by atoms with Crippen molar-refractivity contribution in [1.29, 1.82) is 0 Å². The summed E-state index contributed by atoms with van der Waals surface area (Å²) in [4.78, 5) is 14.1. The van der Waals surface area contributed by atoms with Crippen molar-refractivity contribution >= 4 is 5.91 Å². The maximum Gasteiger partial charge on any atom is 0.416 e. The van der Waals surface area contributed by atoms with Crippen LogP contribution in [0.4, 0.5) is 13.2 Å². The molecule has 6 heteroatoms. The van der Waals surface area contributed by atoms with Crippen LogP contribution >= 0.6 is 0 Å². The van der Waals surface area contributed by atoms with Gasteiger partial charge in [-0.05, 0) is 30.2 Å².